The number of nitrogens with zero attached hydrogens (tertiary/aromatic N) is 1. The van der Waals surface area contributed by atoms with E-state index in [9.17, 15) is 14.4 Å². The van der Waals surface area contributed by atoms with Gasteiger partial charge >= 0.3 is 17.9 Å². The predicted octanol–water partition coefficient (Wildman–Crippen LogP) is 4.24. The molecule has 1 aromatic heterocycles. The van der Waals surface area contributed by atoms with Crippen LogP contribution in [0.4, 0.5) is 5.69 Å². The lowest BCUT2D eigenvalue weighted by Crippen LogP contribution is -2.19. The van der Waals surface area contributed by atoms with E-state index in [1.54, 1.807) is 18.2 Å². The summed E-state index contributed by atoms with van der Waals surface area (Å²) in [5, 5.41) is 3.12. The number of hydrogen-bond donors (Lipinski definition) is 1. The van der Waals surface area contributed by atoms with Crippen molar-refractivity contribution in [1.29, 1.82) is 0 Å². The number of methoxy groups -OCH3 is 3. The lowest BCUT2D eigenvalue weighted by Gasteiger charge is -2.20. The van der Waals surface area contributed by atoms with Crippen LogP contribution < -0.4 is 5.32 Å². The number of hydrogen-bond acceptors (Lipinski definition) is 8. The van der Waals surface area contributed by atoms with Crippen LogP contribution in [0.2, 0.25) is 0 Å². The summed E-state index contributed by atoms with van der Waals surface area (Å²) >= 11 is 0. The molecule has 4 rings (SSSR count). The number of nitrogens with one attached hydrogen (secondary N) is 1. The molecule has 2 aromatic carbocycles. The van der Waals surface area contributed by atoms with Crippen LogP contribution >= 0.6 is 0 Å². The Bertz CT molecular complexity index is 1340. The molecular weight excluding hydrogens is 436 g/mol. The highest BCUT2D eigenvalue weighted by molar-refractivity contribution is 6.23. The zero-order valence-electron chi connectivity index (χ0n) is 19.1. The van der Waals surface area contributed by atoms with Gasteiger partial charge in [0.05, 0.1) is 32.6 Å². The third-order valence-electron chi connectivity index (χ3n) is 5.53. The number of rotatable bonds is 4. The predicted molar refractivity (Wildman–Crippen MR) is 126 cm³/mol. The van der Waals surface area contributed by atoms with Gasteiger partial charge in [-0.3, -0.25) is 0 Å². The summed E-state index contributed by atoms with van der Waals surface area (Å²) in [5.74, 6) is -2.24. The van der Waals surface area contributed by atoms with Gasteiger partial charge in [-0.1, -0.05) is 48.0 Å². The van der Waals surface area contributed by atoms with E-state index >= 15 is 0 Å². The number of esters is 3. The number of aryl methyl sites for hydroxylation is 1. The molecule has 0 saturated heterocycles. The van der Waals surface area contributed by atoms with Crippen LogP contribution in [-0.2, 0) is 19.0 Å². The Balaban J connectivity index is 2.26. The van der Waals surface area contributed by atoms with Gasteiger partial charge in [0.2, 0.25) is 0 Å². The van der Waals surface area contributed by atoms with E-state index in [2.05, 4.69) is 10.3 Å². The summed E-state index contributed by atoms with van der Waals surface area (Å²) < 4.78 is 15.0. The van der Waals surface area contributed by atoms with Crippen LogP contribution in [0.5, 0.6) is 0 Å². The fraction of sp³-hybridized carbons (Fsp3) is 0.154. The van der Waals surface area contributed by atoms with E-state index in [4.69, 9.17) is 14.2 Å². The van der Waals surface area contributed by atoms with Gasteiger partial charge in [0, 0.05) is 28.6 Å². The minimum atomic E-state index is -0.810. The van der Waals surface area contributed by atoms with Crippen LogP contribution in [-0.4, -0.2) is 44.2 Å². The average Bonchev–Trinajstić information content (AvgIpc) is 3.03. The molecule has 0 unspecified atom stereocenters. The van der Waals surface area contributed by atoms with Crippen molar-refractivity contribution in [3.05, 3.63) is 77.1 Å². The molecule has 0 atom stereocenters. The summed E-state index contributed by atoms with van der Waals surface area (Å²) in [6, 6.07) is 14.6. The molecule has 3 aromatic rings. The van der Waals surface area contributed by atoms with Crippen molar-refractivity contribution in [2.45, 2.75) is 6.92 Å². The van der Waals surface area contributed by atoms with Gasteiger partial charge in [0.15, 0.2) is 5.69 Å². The Morgan fingerprint density at radius 2 is 1.44 bits per heavy atom. The van der Waals surface area contributed by atoms with E-state index in [0.717, 1.165) is 5.56 Å². The zero-order chi connectivity index (χ0) is 24.4. The Kier molecular flexibility index (Phi) is 6.14. The Morgan fingerprint density at radius 1 is 0.794 bits per heavy atom. The van der Waals surface area contributed by atoms with E-state index in [1.165, 1.54) is 27.5 Å². The maximum absolute atomic E-state index is 13.1. The molecule has 8 heteroatoms. The lowest BCUT2D eigenvalue weighted by atomic mass is 9.86. The van der Waals surface area contributed by atoms with Crippen molar-refractivity contribution >= 4 is 29.2 Å². The zero-order valence-corrected chi connectivity index (χ0v) is 19.1. The molecule has 34 heavy (non-hydrogen) atoms. The molecule has 2 heterocycles. The minimum Gasteiger partial charge on any atom is -0.465 e. The molecule has 0 fully saturated rings. The monoisotopic (exact) mass is 458 g/mol. The molecule has 0 saturated carbocycles. The van der Waals surface area contributed by atoms with Crippen molar-refractivity contribution in [1.82, 2.24) is 4.98 Å². The maximum atomic E-state index is 13.1. The van der Waals surface area contributed by atoms with Crippen molar-refractivity contribution in [3.8, 4) is 22.4 Å². The van der Waals surface area contributed by atoms with E-state index in [-0.39, 0.29) is 16.8 Å². The number of fused-ring (bicyclic) bond motifs is 3. The van der Waals surface area contributed by atoms with Crippen molar-refractivity contribution in [3.63, 3.8) is 0 Å². The Hall–Kier alpha value is -4.46. The van der Waals surface area contributed by atoms with Crippen LogP contribution in [0.3, 0.4) is 0 Å². The standard InChI is InChI=1S/C26H22N2O6/c1-14-9-11-15(12-10-14)19-20-17(24(29)32-2)13-27-18-8-6-5-7-16(18)22(20)28-23(26(31)34-4)21(19)25(30)33-3/h5-13,27H,1-4H3. The van der Waals surface area contributed by atoms with Crippen molar-refractivity contribution in [2.75, 3.05) is 26.6 Å². The summed E-state index contributed by atoms with van der Waals surface area (Å²) in [6.07, 6.45) is 1.51. The minimum absolute atomic E-state index is 0.105. The topological polar surface area (TPSA) is 104 Å². The molecule has 0 amide bonds. The smallest absolute Gasteiger partial charge is 0.357 e. The van der Waals surface area contributed by atoms with Crippen LogP contribution in [0, 0.1) is 6.92 Å². The quantitative estimate of drug-likeness (QED) is 0.457. The number of ether oxygens (including phenoxy) is 3. The number of pyridine rings is 1. The van der Waals surface area contributed by atoms with Crippen LogP contribution in [0.1, 0.15) is 32.0 Å². The van der Waals surface area contributed by atoms with E-state index in [1.807, 2.05) is 37.3 Å². The Labute approximate surface area is 196 Å². The van der Waals surface area contributed by atoms with Gasteiger partial charge < -0.3 is 19.5 Å². The molecule has 1 aliphatic rings. The average molecular weight is 458 g/mol. The van der Waals surface area contributed by atoms with Crippen molar-refractivity contribution < 1.29 is 28.6 Å². The summed E-state index contributed by atoms with van der Waals surface area (Å²) in [4.78, 5) is 43.4. The van der Waals surface area contributed by atoms with Crippen LogP contribution in [0.15, 0.2) is 54.7 Å². The first-order chi connectivity index (χ1) is 16.4. The van der Waals surface area contributed by atoms with E-state index < -0.39 is 17.9 Å². The molecule has 172 valence electrons. The molecular formula is C26H22N2O6. The van der Waals surface area contributed by atoms with Crippen molar-refractivity contribution in [2.24, 2.45) is 0 Å². The van der Waals surface area contributed by atoms with Gasteiger partial charge in [-0.2, -0.15) is 0 Å². The number of aromatic nitrogens is 1. The maximum Gasteiger partial charge on any atom is 0.357 e. The number of benzene rings is 2. The summed E-state index contributed by atoms with van der Waals surface area (Å²) in [6.45, 7) is 1.93. The molecule has 0 bridgehead atoms. The van der Waals surface area contributed by atoms with Gasteiger partial charge in [0.1, 0.15) is 5.56 Å². The molecule has 1 N–H and O–H groups in total. The summed E-state index contributed by atoms with van der Waals surface area (Å²) in [5.41, 5.74) is 3.65. The first kappa shape index (κ1) is 22.7. The number of carbonyl (C=O) groups excluding carboxylic acids is 3. The SMILES string of the molecule is COC(=O)C1=CNc2ccccc2-c2nc(C(=O)OC)c(C(=O)OC)c(-c3ccc(C)cc3)c21. The van der Waals surface area contributed by atoms with E-state index in [0.29, 0.717) is 33.6 Å². The molecule has 0 radical (unpaired) electrons. The fourth-order valence-electron chi connectivity index (χ4n) is 3.91. The largest absolute Gasteiger partial charge is 0.465 e. The normalized spacial score (nSPS) is 11.7. The highest BCUT2D eigenvalue weighted by Crippen LogP contribution is 2.44. The van der Waals surface area contributed by atoms with Gasteiger partial charge in [-0.25, -0.2) is 19.4 Å². The molecule has 0 aliphatic carbocycles. The van der Waals surface area contributed by atoms with Gasteiger partial charge in [0.25, 0.3) is 0 Å². The second-order valence-electron chi connectivity index (χ2n) is 7.52. The van der Waals surface area contributed by atoms with Gasteiger partial charge in [-0.05, 0) is 18.6 Å². The van der Waals surface area contributed by atoms with Gasteiger partial charge in [-0.15, -0.1) is 0 Å². The third-order valence-corrected chi connectivity index (χ3v) is 5.53. The second kappa shape index (κ2) is 9.19. The fourth-order valence-corrected chi connectivity index (χ4v) is 3.91. The first-order valence-corrected chi connectivity index (χ1v) is 10.4. The first-order valence-electron chi connectivity index (χ1n) is 10.4. The lowest BCUT2D eigenvalue weighted by molar-refractivity contribution is -0.133. The second-order valence-corrected chi connectivity index (χ2v) is 7.52. The highest BCUT2D eigenvalue weighted by atomic mass is 16.5. The number of anilines is 1. The highest BCUT2D eigenvalue weighted by Gasteiger charge is 2.34. The Morgan fingerprint density at radius 3 is 2.09 bits per heavy atom. The number of para-hydroxylation sites is 1. The molecule has 1 aliphatic heterocycles. The molecule has 8 nitrogen and oxygen atoms in total. The third kappa shape index (κ3) is 3.79. The number of carbonyl (C=O) groups is 3. The summed E-state index contributed by atoms with van der Waals surface area (Å²) in [7, 11) is 3.68. The molecule has 0 spiro atoms. The van der Waals surface area contributed by atoms with Crippen LogP contribution in [0.25, 0.3) is 28.0 Å².